The summed E-state index contributed by atoms with van der Waals surface area (Å²) in [4.78, 5) is 11.4. The van der Waals surface area contributed by atoms with Gasteiger partial charge in [0.15, 0.2) is 0 Å². The molecule has 0 saturated carbocycles. The zero-order chi connectivity index (χ0) is 8.77. The minimum absolute atomic E-state index is 0.181. The monoisotopic (exact) mass is 170 g/mol. The number of carbonyl (C=O) groups is 1. The summed E-state index contributed by atoms with van der Waals surface area (Å²) in [5, 5.41) is 0. The van der Waals surface area contributed by atoms with Crippen molar-refractivity contribution in [2.24, 2.45) is 11.3 Å². The molecule has 0 aliphatic carbocycles. The third-order valence-corrected chi connectivity index (χ3v) is 2.67. The fourth-order valence-electron chi connectivity index (χ4n) is 1.48. The third kappa shape index (κ3) is 0.897. The van der Waals surface area contributed by atoms with E-state index < -0.39 is 12.7 Å². The topological polar surface area (TPSA) is 44.8 Å². The van der Waals surface area contributed by atoms with Crippen molar-refractivity contribution in [1.29, 1.82) is 0 Å². The molecule has 3 fully saturated rings. The summed E-state index contributed by atoms with van der Waals surface area (Å²) in [6, 6.07) is 0. The van der Waals surface area contributed by atoms with Gasteiger partial charge in [0.05, 0.1) is 13.2 Å². The van der Waals surface area contributed by atoms with E-state index in [0.717, 1.165) is 0 Å². The molecule has 0 amide bonds. The van der Waals surface area contributed by atoms with Crippen molar-refractivity contribution in [3.8, 4) is 0 Å². The summed E-state index contributed by atoms with van der Waals surface area (Å²) in [7, 11) is -0.752. The Hall–Kier alpha value is -0.545. The minimum atomic E-state index is -0.752. The Bertz CT molecular complexity index is 207. The van der Waals surface area contributed by atoms with Crippen LogP contribution < -0.4 is 0 Å². The molecule has 0 N–H and O–H groups in total. The first-order valence-corrected chi connectivity index (χ1v) is 4.09. The zero-order valence-corrected chi connectivity index (χ0v) is 7.20. The lowest BCUT2D eigenvalue weighted by atomic mass is 9.75. The van der Waals surface area contributed by atoms with Crippen LogP contribution in [0.2, 0.25) is 0 Å². The van der Waals surface area contributed by atoms with E-state index in [4.69, 9.17) is 14.0 Å². The quantitative estimate of drug-likeness (QED) is 0.528. The van der Waals surface area contributed by atoms with Gasteiger partial charge < -0.3 is 14.0 Å². The molecule has 3 saturated heterocycles. The second kappa shape index (κ2) is 2.47. The Labute approximate surface area is 71.3 Å². The van der Waals surface area contributed by atoms with Crippen LogP contribution in [0.25, 0.3) is 0 Å². The second-order valence-electron chi connectivity index (χ2n) is 3.63. The highest BCUT2D eigenvalue weighted by Gasteiger charge is 2.56. The lowest BCUT2D eigenvalue weighted by molar-refractivity contribution is -0.182. The van der Waals surface area contributed by atoms with Gasteiger partial charge in [-0.25, -0.2) is 0 Å². The summed E-state index contributed by atoms with van der Waals surface area (Å²) >= 11 is 0. The Morgan fingerprint density at radius 2 is 2.00 bits per heavy atom. The zero-order valence-electron chi connectivity index (χ0n) is 7.20. The Balaban J connectivity index is 2.26. The van der Waals surface area contributed by atoms with Gasteiger partial charge >= 0.3 is 13.3 Å². The van der Waals surface area contributed by atoms with Crippen molar-refractivity contribution in [2.75, 3.05) is 13.2 Å². The molecule has 66 valence electrons. The summed E-state index contributed by atoms with van der Waals surface area (Å²) in [5.41, 5.74) is -0.561. The molecule has 12 heavy (non-hydrogen) atoms. The molecule has 3 aliphatic rings. The van der Waals surface area contributed by atoms with Gasteiger partial charge in [0.25, 0.3) is 0 Å². The molecule has 0 spiro atoms. The second-order valence-corrected chi connectivity index (χ2v) is 3.63. The van der Waals surface area contributed by atoms with Crippen molar-refractivity contribution in [3.63, 3.8) is 0 Å². The van der Waals surface area contributed by atoms with Crippen molar-refractivity contribution < 1.29 is 18.8 Å². The largest absolute Gasteiger partial charge is 0.715 e. The van der Waals surface area contributed by atoms with Crippen molar-refractivity contribution >= 4 is 13.3 Å². The molecular formula is C7H11BO4. The number of rotatable bonds is 1. The van der Waals surface area contributed by atoms with Gasteiger partial charge in [-0.2, -0.15) is 0 Å². The maximum Gasteiger partial charge on any atom is 0.715 e. The molecule has 5 heteroatoms. The number of carbonyl (C=O) groups excluding carboxylic acids is 1. The highest BCUT2D eigenvalue weighted by Crippen LogP contribution is 2.37. The highest BCUT2D eigenvalue weighted by atomic mass is 16.8. The fourth-order valence-corrected chi connectivity index (χ4v) is 1.48. The van der Waals surface area contributed by atoms with E-state index >= 15 is 0 Å². The molecule has 3 rings (SSSR count). The smallest absolute Gasteiger partial charge is 0.484 e. The van der Waals surface area contributed by atoms with Gasteiger partial charge in [-0.15, -0.1) is 0 Å². The molecule has 0 aromatic heterocycles. The normalized spacial score (nSPS) is 26.2. The highest BCUT2D eigenvalue weighted by molar-refractivity contribution is 6.41. The van der Waals surface area contributed by atoms with Crippen LogP contribution in [0.3, 0.4) is 0 Å². The summed E-state index contributed by atoms with van der Waals surface area (Å²) in [6.45, 7) is 4.79. The Morgan fingerprint density at radius 1 is 1.42 bits per heavy atom. The standard InChI is InChI=1S/C7H11BO4/c1-5(2)7-3-10-8(11-4-7)12-6(7)9/h5H,3-4H2,1-2H3. The van der Waals surface area contributed by atoms with Crippen molar-refractivity contribution in [3.05, 3.63) is 0 Å². The molecule has 0 unspecified atom stereocenters. The minimum Gasteiger partial charge on any atom is -0.484 e. The van der Waals surface area contributed by atoms with Crippen LogP contribution in [0.5, 0.6) is 0 Å². The molecule has 0 aromatic carbocycles. The number of hydrogen-bond acceptors (Lipinski definition) is 4. The molecule has 0 aromatic rings. The fraction of sp³-hybridized carbons (Fsp3) is 0.857. The SMILES string of the molecule is CC(C)C12COB(OC1)OC2=O. The first-order chi connectivity index (χ1) is 5.65. The van der Waals surface area contributed by atoms with Crippen molar-refractivity contribution in [1.82, 2.24) is 0 Å². The van der Waals surface area contributed by atoms with Gasteiger partial charge in [0.2, 0.25) is 0 Å². The molecule has 0 radical (unpaired) electrons. The van der Waals surface area contributed by atoms with Gasteiger partial charge in [0.1, 0.15) is 5.41 Å². The summed E-state index contributed by atoms with van der Waals surface area (Å²) < 4.78 is 15.2. The van der Waals surface area contributed by atoms with E-state index in [2.05, 4.69) is 0 Å². The van der Waals surface area contributed by atoms with Crippen LogP contribution in [-0.4, -0.2) is 26.5 Å². The Morgan fingerprint density at radius 3 is 2.33 bits per heavy atom. The van der Waals surface area contributed by atoms with E-state index in [9.17, 15) is 4.79 Å². The van der Waals surface area contributed by atoms with Gasteiger partial charge in [-0.1, -0.05) is 13.8 Å². The maximum atomic E-state index is 11.4. The molecule has 0 atom stereocenters. The molecule has 4 nitrogen and oxygen atoms in total. The van der Waals surface area contributed by atoms with E-state index in [1.54, 1.807) is 0 Å². The van der Waals surface area contributed by atoms with Crippen LogP contribution in [0.1, 0.15) is 13.8 Å². The lowest BCUT2D eigenvalue weighted by Gasteiger charge is -2.44. The van der Waals surface area contributed by atoms with Gasteiger partial charge in [-0.3, -0.25) is 4.79 Å². The predicted octanol–water partition coefficient (Wildman–Crippen LogP) is 0.217. The van der Waals surface area contributed by atoms with Crippen molar-refractivity contribution in [2.45, 2.75) is 13.8 Å². The van der Waals surface area contributed by atoms with Crippen LogP contribution in [0.4, 0.5) is 0 Å². The lowest BCUT2D eigenvalue weighted by Crippen LogP contribution is -2.60. The van der Waals surface area contributed by atoms with E-state index in [0.29, 0.717) is 13.2 Å². The summed E-state index contributed by atoms with van der Waals surface area (Å²) in [6.07, 6.45) is 0. The average Bonchev–Trinajstić information content (AvgIpc) is 2.05. The Kier molecular flexibility index (Phi) is 1.66. The molecule has 2 bridgehead atoms. The summed E-state index contributed by atoms with van der Waals surface area (Å²) in [5.74, 6) is 0.00579. The molecule has 3 aliphatic heterocycles. The number of fused-ring (bicyclic) bond motifs is 3. The third-order valence-electron chi connectivity index (χ3n) is 2.67. The van der Waals surface area contributed by atoms with E-state index in [-0.39, 0.29) is 11.9 Å². The first kappa shape index (κ1) is 8.07. The van der Waals surface area contributed by atoms with Crippen LogP contribution >= 0.6 is 0 Å². The predicted molar refractivity (Wildman–Crippen MR) is 41.0 cm³/mol. The average molecular weight is 170 g/mol. The van der Waals surface area contributed by atoms with Crippen LogP contribution in [0.15, 0.2) is 0 Å². The van der Waals surface area contributed by atoms with Crippen LogP contribution in [0, 0.1) is 11.3 Å². The van der Waals surface area contributed by atoms with Crippen LogP contribution in [-0.2, 0) is 18.8 Å². The molecular weight excluding hydrogens is 159 g/mol. The number of hydrogen-bond donors (Lipinski definition) is 0. The van der Waals surface area contributed by atoms with E-state index in [1.165, 1.54) is 0 Å². The maximum absolute atomic E-state index is 11.4. The van der Waals surface area contributed by atoms with Gasteiger partial charge in [0, 0.05) is 0 Å². The molecule has 3 heterocycles. The van der Waals surface area contributed by atoms with Gasteiger partial charge in [-0.05, 0) is 5.92 Å². The first-order valence-electron chi connectivity index (χ1n) is 4.09. The van der Waals surface area contributed by atoms with E-state index in [1.807, 2.05) is 13.8 Å².